The van der Waals surface area contributed by atoms with Crippen LogP contribution in [0.15, 0.2) is 51.6 Å². The van der Waals surface area contributed by atoms with Crippen LogP contribution in [-0.4, -0.2) is 25.0 Å². The number of anilines is 2. The van der Waals surface area contributed by atoms with Crippen molar-refractivity contribution in [3.05, 3.63) is 52.9 Å². The van der Waals surface area contributed by atoms with Gasteiger partial charge in [0.05, 0.1) is 5.69 Å². The summed E-state index contributed by atoms with van der Waals surface area (Å²) in [7, 11) is 0. The molecule has 7 heteroatoms. The van der Waals surface area contributed by atoms with Crippen molar-refractivity contribution in [2.24, 2.45) is 0 Å². The molecule has 2 aromatic rings. The summed E-state index contributed by atoms with van der Waals surface area (Å²) in [6.07, 6.45) is 0. The molecule has 0 atom stereocenters. The normalized spacial score (nSPS) is 13.2. The van der Waals surface area contributed by atoms with E-state index in [0.29, 0.717) is 28.3 Å². The number of carbonyl (C=O) groups is 2. The Balaban J connectivity index is 1.82. The Morgan fingerprint density at radius 1 is 1.38 bits per heavy atom. The van der Waals surface area contributed by atoms with Gasteiger partial charge in [-0.15, -0.1) is 0 Å². The molecule has 124 valence electrons. The molecule has 0 saturated carbocycles. The van der Waals surface area contributed by atoms with E-state index in [1.54, 1.807) is 35.2 Å². The summed E-state index contributed by atoms with van der Waals surface area (Å²) in [6.45, 7) is 6.10. The average Bonchev–Trinajstić information content (AvgIpc) is 2.96. The predicted molar refractivity (Wildman–Crippen MR) is 93.5 cm³/mol. The zero-order chi connectivity index (χ0) is 17.3. The van der Waals surface area contributed by atoms with Gasteiger partial charge in [-0.25, -0.2) is 0 Å². The van der Waals surface area contributed by atoms with Gasteiger partial charge in [-0.3, -0.25) is 9.59 Å². The minimum atomic E-state index is -0.369. The number of amides is 2. The van der Waals surface area contributed by atoms with Crippen LogP contribution in [0, 0.1) is 0 Å². The molecule has 0 radical (unpaired) electrons. The molecule has 0 aliphatic carbocycles. The second-order valence-corrected chi connectivity index (χ2v) is 6.25. The highest BCUT2D eigenvalue weighted by Crippen LogP contribution is 2.35. The highest BCUT2D eigenvalue weighted by atomic mass is 79.9. The van der Waals surface area contributed by atoms with E-state index < -0.39 is 0 Å². The van der Waals surface area contributed by atoms with Gasteiger partial charge in [0.15, 0.2) is 17.0 Å². The summed E-state index contributed by atoms with van der Waals surface area (Å²) in [4.78, 5) is 25.8. The lowest BCUT2D eigenvalue weighted by atomic mass is 10.2. The van der Waals surface area contributed by atoms with Gasteiger partial charge >= 0.3 is 0 Å². The SMILES string of the molecule is C=C(C)CN1C(=O)COc2cc(NC(=O)c3ccc(Br)o3)ccc21. The van der Waals surface area contributed by atoms with Crippen LogP contribution in [0.3, 0.4) is 0 Å². The topological polar surface area (TPSA) is 71.8 Å². The molecule has 0 spiro atoms. The Bertz CT molecular complexity index is 828. The molecule has 0 unspecified atom stereocenters. The van der Waals surface area contributed by atoms with Crippen molar-refractivity contribution in [2.45, 2.75) is 6.92 Å². The van der Waals surface area contributed by atoms with Crippen LogP contribution < -0.4 is 15.0 Å². The minimum Gasteiger partial charge on any atom is -0.481 e. The van der Waals surface area contributed by atoms with E-state index in [1.807, 2.05) is 6.92 Å². The number of furan rings is 1. The number of nitrogens with zero attached hydrogens (tertiary/aromatic N) is 1. The number of fused-ring (bicyclic) bond motifs is 1. The molecule has 1 aliphatic rings. The summed E-state index contributed by atoms with van der Waals surface area (Å²) >= 11 is 3.16. The fourth-order valence-corrected chi connectivity index (χ4v) is 2.66. The molecule has 0 bridgehead atoms. The summed E-state index contributed by atoms with van der Waals surface area (Å²) in [5.41, 5.74) is 2.08. The van der Waals surface area contributed by atoms with Gasteiger partial charge in [0.25, 0.3) is 11.8 Å². The molecule has 1 aromatic carbocycles. The second-order valence-electron chi connectivity index (χ2n) is 5.47. The number of benzene rings is 1. The summed E-state index contributed by atoms with van der Waals surface area (Å²) in [5.74, 6) is 0.239. The molecule has 0 fully saturated rings. The third-order valence-corrected chi connectivity index (χ3v) is 3.81. The molecule has 2 heterocycles. The lowest BCUT2D eigenvalue weighted by molar-refractivity contribution is -0.121. The van der Waals surface area contributed by atoms with Crippen molar-refractivity contribution in [1.82, 2.24) is 0 Å². The first-order valence-corrected chi connectivity index (χ1v) is 8.01. The molecule has 1 N–H and O–H groups in total. The smallest absolute Gasteiger partial charge is 0.291 e. The molecule has 2 amide bonds. The standard InChI is InChI=1S/C17H15BrN2O4/c1-10(2)8-20-12-4-3-11(7-14(12)23-9-16(20)21)19-17(22)13-5-6-15(18)24-13/h3-7H,1,8-9H2,2H3,(H,19,22). The summed E-state index contributed by atoms with van der Waals surface area (Å²) < 4.78 is 11.2. The summed E-state index contributed by atoms with van der Waals surface area (Å²) in [6, 6.07) is 8.35. The lowest BCUT2D eigenvalue weighted by Gasteiger charge is -2.29. The zero-order valence-corrected chi connectivity index (χ0v) is 14.6. The van der Waals surface area contributed by atoms with Crippen LogP contribution in [0.25, 0.3) is 0 Å². The predicted octanol–water partition coefficient (Wildman–Crippen LogP) is 3.60. The number of halogens is 1. The largest absolute Gasteiger partial charge is 0.481 e. The number of nitrogens with one attached hydrogen (secondary N) is 1. The molecule has 6 nitrogen and oxygen atoms in total. The molecule has 0 saturated heterocycles. The fourth-order valence-electron chi connectivity index (χ4n) is 2.35. The third-order valence-electron chi connectivity index (χ3n) is 3.39. The van der Waals surface area contributed by atoms with E-state index in [4.69, 9.17) is 9.15 Å². The quantitative estimate of drug-likeness (QED) is 0.809. The molecular formula is C17H15BrN2O4. The van der Waals surface area contributed by atoms with Gasteiger partial charge in [-0.05, 0) is 47.1 Å². The average molecular weight is 391 g/mol. The molecule has 1 aliphatic heterocycles. The van der Waals surface area contributed by atoms with Crippen LogP contribution in [0.4, 0.5) is 11.4 Å². The molecular weight excluding hydrogens is 376 g/mol. The Kier molecular flexibility index (Phi) is 4.44. The molecule has 3 rings (SSSR count). The monoisotopic (exact) mass is 390 g/mol. The maximum absolute atomic E-state index is 12.1. The van der Waals surface area contributed by atoms with Crippen molar-refractivity contribution in [3.63, 3.8) is 0 Å². The Morgan fingerprint density at radius 3 is 2.83 bits per heavy atom. The van der Waals surface area contributed by atoms with Gasteiger partial charge in [-0.2, -0.15) is 0 Å². The van der Waals surface area contributed by atoms with Gasteiger partial charge < -0.3 is 19.4 Å². The number of ether oxygens (including phenoxy) is 1. The summed E-state index contributed by atoms with van der Waals surface area (Å²) in [5, 5.41) is 2.73. The second kappa shape index (κ2) is 6.52. The molecule has 24 heavy (non-hydrogen) atoms. The number of hydrogen-bond donors (Lipinski definition) is 1. The highest BCUT2D eigenvalue weighted by Gasteiger charge is 2.25. The zero-order valence-electron chi connectivity index (χ0n) is 13.0. The van der Waals surface area contributed by atoms with Crippen LogP contribution in [0.5, 0.6) is 5.75 Å². The Morgan fingerprint density at radius 2 is 2.17 bits per heavy atom. The molecule has 1 aromatic heterocycles. The lowest BCUT2D eigenvalue weighted by Crippen LogP contribution is -2.39. The Labute approximate surface area is 147 Å². The van der Waals surface area contributed by atoms with E-state index in [-0.39, 0.29) is 24.2 Å². The van der Waals surface area contributed by atoms with Crippen molar-refractivity contribution in [2.75, 3.05) is 23.4 Å². The minimum absolute atomic E-state index is 0.0389. The van der Waals surface area contributed by atoms with Gasteiger partial charge in [-0.1, -0.05) is 12.2 Å². The maximum atomic E-state index is 12.1. The fraction of sp³-hybridized carbons (Fsp3) is 0.176. The first-order valence-electron chi connectivity index (χ1n) is 7.22. The van der Waals surface area contributed by atoms with Crippen LogP contribution in [0.1, 0.15) is 17.5 Å². The van der Waals surface area contributed by atoms with E-state index >= 15 is 0 Å². The number of carbonyl (C=O) groups excluding carboxylic acids is 2. The van der Waals surface area contributed by atoms with E-state index in [1.165, 1.54) is 0 Å². The third kappa shape index (κ3) is 3.35. The van der Waals surface area contributed by atoms with Gasteiger partial charge in [0, 0.05) is 18.3 Å². The number of rotatable bonds is 4. The first kappa shape index (κ1) is 16.3. The first-order chi connectivity index (χ1) is 11.4. The van der Waals surface area contributed by atoms with Crippen molar-refractivity contribution < 1.29 is 18.7 Å². The van der Waals surface area contributed by atoms with Crippen molar-refractivity contribution >= 4 is 39.1 Å². The van der Waals surface area contributed by atoms with E-state index in [2.05, 4.69) is 27.8 Å². The van der Waals surface area contributed by atoms with Gasteiger partial charge in [0.2, 0.25) is 0 Å². The van der Waals surface area contributed by atoms with E-state index in [0.717, 1.165) is 5.57 Å². The van der Waals surface area contributed by atoms with Crippen LogP contribution in [-0.2, 0) is 4.79 Å². The van der Waals surface area contributed by atoms with Crippen LogP contribution in [0.2, 0.25) is 0 Å². The highest BCUT2D eigenvalue weighted by molar-refractivity contribution is 9.10. The maximum Gasteiger partial charge on any atom is 0.291 e. The van der Waals surface area contributed by atoms with E-state index in [9.17, 15) is 9.59 Å². The van der Waals surface area contributed by atoms with Crippen LogP contribution >= 0.6 is 15.9 Å². The van der Waals surface area contributed by atoms with Crippen molar-refractivity contribution in [1.29, 1.82) is 0 Å². The Hall–Kier alpha value is -2.54. The van der Waals surface area contributed by atoms with Crippen molar-refractivity contribution in [3.8, 4) is 5.75 Å². The number of hydrogen-bond acceptors (Lipinski definition) is 4. The van der Waals surface area contributed by atoms with Gasteiger partial charge in [0.1, 0.15) is 5.75 Å².